The molecule has 0 saturated carbocycles. The molecule has 63 heavy (non-hydrogen) atoms. The molecule has 0 saturated heterocycles. The second-order valence-corrected chi connectivity index (χ2v) is 19.5. The van der Waals surface area contributed by atoms with Crippen LogP contribution in [0.5, 0.6) is 0 Å². The highest BCUT2D eigenvalue weighted by atomic mass is 16.3. The SMILES string of the molecule is CCCCCCCCCCC/C=C\C/C=C\CCCCCCCCCCCCCCCCCCCC(=O)NC(CO)C(O)C(O)CCC/C=C/CCCCCCCCCCCCC. The Morgan fingerprint density at radius 3 is 1.02 bits per heavy atom. The van der Waals surface area contributed by atoms with E-state index in [4.69, 9.17) is 0 Å². The van der Waals surface area contributed by atoms with Crippen LogP contribution in [0.4, 0.5) is 0 Å². The maximum atomic E-state index is 12.5. The molecule has 0 aromatic rings. The number of aliphatic hydroxyl groups excluding tert-OH is 3. The van der Waals surface area contributed by atoms with Crippen molar-refractivity contribution in [3.05, 3.63) is 36.5 Å². The Bertz CT molecular complexity index is 978. The summed E-state index contributed by atoms with van der Waals surface area (Å²) < 4.78 is 0. The van der Waals surface area contributed by atoms with Gasteiger partial charge in [0, 0.05) is 6.42 Å². The Labute approximate surface area is 394 Å². The van der Waals surface area contributed by atoms with Crippen molar-refractivity contribution in [3.63, 3.8) is 0 Å². The van der Waals surface area contributed by atoms with Crippen LogP contribution in [0.25, 0.3) is 0 Å². The van der Waals surface area contributed by atoms with Crippen molar-refractivity contribution >= 4 is 5.91 Å². The largest absolute Gasteiger partial charge is 0.394 e. The zero-order valence-corrected chi connectivity index (χ0v) is 42.5. The lowest BCUT2D eigenvalue weighted by molar-refractivity contribution is -0.124. The minimum Gasteiger partial charge on any atom is -0.394 e. The summed E-state index contributed by atoms with van der Waals surface area (Å²) in [6.45, 7) is 4.19. The molecule has 1 amide bonds. The van der Waals surface area contributed by atoms with Gasteiger partial charge in [0.05, 0.1) is 18.8 Å². The number of allylic oxidation sites excluding steroid dienone is 6. The van der Waals surface area contributed by atoms with Gasteiger partial charge >= 0.3 is 0 Å². The highest BCUT2D eigenvalue weighted by Gasteiger charge is 2.26. The number of nitrogens with one attached hydrogen (secondary N) is 1. The summed E-state index contributed by atoms with van der Waals surface area (Å²) in [5.74, 6) is -0.151. The van der Waals surface area contributed by atoms with Crippen LogP contribution >= 0.6 is 0 Å². The van der Waals surface area contributed by atoms with Gasteiger partial charge in [-0.1, -0.05) is 262 Å². The predicted molar refractivity (Wildman–Crippen MR) is 278 cm³/mol. The minimum absolute atomic E-state index is 0.151. The Balaban J connectivity index is 3.52. The van der Waals surface area contributed by atoms with Crippen molar-refractivity contribution in [3.8, 4) is 0 Å². The van der Waals surface area contributed by atoms with Crippen LogP contribution in [0.1, 0.15) is 303 Å². The molecule has 5 nitrogen and oxygen atoms in total. The number of amides is 1. The van der Waals surface area contributed by atoms with Crippen molar-refractivity contribution in [2.24, 2.45) is 0 Å². The number of aliphatic hydroxyl groups is 3. The zero-order valence-electron chi connectivity index (χ0n) is 42.5. The minimum atomic E-state index is -1.16. The van der Waals surface area contributed by atoms with Gasteiger partial charge in [0.15, 0.2) is 0 Å². The summed E-state index contributed by atoms with van der Waals surface area (Å²) in [7, 11) is 0. The predicted octanol–water partition coefficient (Wildman–Crippen LogP) is 17.4. The van der Waals surface area contributed by atoms with E-state index in [0.29, 0.717) is 12.8 Å². The van der Waals surface area contributed by atoms with E-state index in [-0.39, 0.29) is 12.5 Å². The van der Waals surface area contributed by atoms with E-state index in [9.17, 15) is 20.1 Å². The van der Waals surface area contributed by atoms with E-state index in [1.165, 1.54) is 231 Å². The normalized spacial score (nSPS) is 13.5. The van der Waals surface area contributed by atoms with E-state index in [0.717, 1.165) is 44.9 Å². The first-order chi connectivity index (χ1) is 31.1. The van der Waals surface area contributed by atoms with Crippen LogP contribution < -0.4 is 5.32 Å². The standard InChI is InChI=1S/C58H111NO4/c1-3-5-7-9-11-13-15-17-19-21-22-23-24-25-26-27-28-29-30-31-32-33-34-35-36-37-39-41-43-45-47-49-51-53-57(62)59-55(54-60)58(63)56(61)52-50-48-46-44-42-40-38-20-18-16-14-12-10-8-6-4-2/h22-23,25-26,44,46,55-56,58,60-61,63H,3-21,24,27-43,45,47-54H2,1-2H3,(H,59,62)/b23-22-,26-25-,46-44+. The molecule has 0 fully saturated rings. The fraction of sp³-hybridized carbons (Fsp3) is 0.879. The zero-order chi connectivity index (χ0) is 45.8. The van der Waals surface area contributed by atoms with E-state index in [2.05, 4.69) is 55.6 Å². The van der Waals surface area contributed by atoms with E-state index in [1.807, 2.05) is 0 Å². The number of hydrogen-bond donors (Lipinski definition) is 4. The summed E-state index contributed by atoms with van der Waals surface area (Å²) in [5.41, 5.74) is 0. The Morgan fingerprint density at radius 2 is 0.683 bits per heavy atom. The molecule has 0 spiro atoms. The van der Waals surface area contributed by atoms with Crippen LogP contribution in [-0.4, -0.2) is 46.1 Å². The molecule has 4 N–H and O–H groups in total. The number of carbonyl (C=O) groups excluding carboxylic acids is 1. The van der Waals surface area contributed by atoms with E-state index >= 15 is 0 Å². The third-order valence-corrected chi connectivity index (χ3v) is 13.2. The Morgan fingerprint density at radius 1 is 0.397 bits per heavy atom. The van der Waals surface area contributed by atoms with Crippen LogP contribution in [0, 0.1) is 0 Å². The highest BCUT2D eigenvalue weighted by molar-refractivity contribution is 5.76. The quantitative estimate of drug-likeness (QED) is 0.0362. The van der Waals surface area contributed by atoms with Crippen LogP contribution in [0.2, 0.25) is 0 Å². The molecule has 0 heterocycles. The van der Waals surface area contributed by atoms with Crippen molar-refractivity contribution in [1.29, 1.82) is 0 Å². The Kier molecular flexibility index (Phi) is 52.0. The molecule has 0 aromatic heterocycles. The van der Waals surface area contributed by atoms with Gasteiger partial charge in [0.1, 0.15) is 6.10 Å². The molecule has 0 radical (unpaired) electrons. The van der Waals surface area contributed by atoms with Gasteiger partial charge in [-0.15, -0.1) is 0 Å². The number of unbranched alkanes of at least 4 members (excludes halogenated alkanes) is 38. The van der Waals surface area contributed by atoms with Gasteiger partial charge in [-0.3, -0.25) is 4.79 Å². The first-order valence-corrected chi connectivity index (χ1v) is 28.3. The lowest BCUT2D eigenvalue weighted by Gasteiger charge is -2.26. The topological polar surface area (TPSA) is 89.8 Å². The molecule has 5 heteroatoms. The van der Waals surface area contributed by atoms with Crippen molar-refractivity contribution < 1.29 is 20.1 Å². The maximum absolute atomic E-state index is 12.5. The molecule has 3 unspecified atom stereocenters. The van der Waals surface area contributed by atoms with Gasteiger partial charge < -0.3 is 20.6 Å². The maximum Gasteiger partial charge on any atom is 0.220 e. The fourth-order valence-electron chi connectivity index (χ4n) is 8.84. The van der Waals surface area contributed by atoms with Crippen LogP contribution in [0.3, 0.4) is 0 Å². The van der Waals surface area contributed by atoms with Gasteiger partial charge in [-0.2, -0.15) is 0 Å². The fourth-order valence-corrected chi connectivity index (χ4v) is 8.84. The molecule has 0 rings (SSSR count). The molecule has 0 aliphatic rings. The third kappa shape index (κ3) is 48.3. The number of rotatable bonds is 52. The lowest BCUT2D eigenvalue weighted by atomic mass is 10.0. The molecule has 0 bridgehead atoms. The molecule has 0 aliphatic heterocycles. The molecule has 372 valence electrons. The average Bonchev–Trinajstić information content (AvgIpc) is 3.29. The molecule has 3 atom stereocenters. The van der Waals surface area contributed by atoms with Crippen molar-refractivity contribution in [2.45, 2.75) is 321 Å². The van der Waals surface area contributed by atoms with Gasteiger partial charge in [0.25, 0.3) is 0 Å². The number of carbonyl (C=O) groups is 1. The van der Waals surface area contributed by atoms with Crippen LogP contribution in [-0.2, 0) is 4.79 Å². The summed E-state index contributed by atoms with van der Waals surface area (Å²) in [6.07, 6.45) is 68.8. The second-order valence-electron chi connectivity index (χ2n) is 19.5. The second kappa shape index (κ2) is 53.2. The highest BCUT2D eigenvalue weighted by Crippen LogP contribution is 2.17. The molecule has 0 aliphatic carbocycles. The smallest absolute Gasteiger partial charge is 0.220 e. The molecule has 0 aromatic carbocycles. The number of hydrogen-bond acceptors (Lipinski definition) is 4. The summed E-state index contributed by atoms with van der Waals surface area (Å²) >= 11 is 0. The van der Waals surface area contributed by atoms with Gasteiger partial charge in [-0.05, 0) is 70.6 Å². The van der Waals surface area contributed by atoms with E-state index in [1.54, 1.807) is 0 Å². The molecular weight excluding hydrogens is 775 g/mol. The summed E-state index contributed by atoms with van der Waals surface area (Å²) in [5, 5.41) is 33.7. The molecular formula is C58H111NO4. The summed E-state index contributed by atoms with van der Waals surface area (Å²) in [4.78, 5) is 12.5. The first kappa shape index (κ1) is 61.6. The van der Waals surface area contributed by atoms with Crippen molar-refractivity contribution in [2.75, 3.05) is 6.61 Å². The lowest BCUT2D eigenvalue weighted by Crippen LogP contribution is -2.50. The Hall–Kier alpha value is -1.43. The van der Waals surface area contributed by atoms with Crippen LogP contribution in [0.15, 0.2) is 36.5 Å². The van der Waals surface area contributed by atoms with E-state index < -0.39 is 18.2 Å². The summed E-state index contributed by atoms with van der Waals surface area (Å²) in [6, 6.07) is -0.825. The third-order valence-electron chi connectivity index (χ3n) is 13.2. The van der Waals surface area contributed by atoms with Gasteiger partial charge in [0.2, 0.25) is 5.91 Å². The monoisotopic (exact) mass is 886 g/mol. The average molecular weight is 887 g/mol. The van der Waals surface area contributed by atoms with Crippen molar-refractivity contribution in [1.82, 2.24) is 5.32 Å². The first-order valence-electron chi connectivity index (χ1n) is 28.3. The van der Waals surface area contributed by atoms with Gasteiger partial charge in [-0.25, -0.2) is 0 Å².